The lowest BCUT2D eigenvalue weighted by Gasteiger charge is -2.19. The molecule has 5 nitrogen and oxygen atoms in total. The van der Waals surface area contributed by atoms with Crippen molar-refractivity contribution in [3.63, 3.8) is 0 Å². The number of amides is 1. The molecule has 2 rings (SSSR count). The summed E-state index contributed by atoms with van der Waals surface area (Å²) in [7, 11) is 0. The first-order chi connectivity index (χ1) is 12.8. The summed E-state index contributed by atoms with van der Waals surface area (Å²) < 4.78 is 0. The Hall–Kier alpha value is -1.73. The fourth-order valence-electron chi connectivity index (χ4n) is 2.33. The highest BCUT2D eigenvalue weighted by atomic mass is 32.2. The van der Waals surface area contributed by atoms with Gasteiger partial charge in [0.2, 0.25) is 5.91 Å². The molecule has 0 fully saturated rings. The number of anilines is 1. The number of hydrogen-bond donors (Lipinski definition) is 2. The van der Waals surface area contributed by atoms with Gasteiger partial charge < -0.3 is 10.3 Å². The smallest absolute Gasteiger partial charge is 0.251 e. The van der Waals surface area contributed by atoms with Crippen LogP contribution in [-0.2, 0) is 16.0 Å². The van der Waals surface area contributed by atoms with E-state index in [0.29, 0.717) is 10.9 Å². The van der Waals surface area contributed by atoms with Crippen molar-refractivity contribution in [2.45, 2.75) is 50.4 Å². The molecule has 0 bridgehead atoms. The third-order valence-corrected chi connectivity index (χ3v) is 5.82. The van der Waals surface area contributed by atoms with E-state index in [9.17, 15) is 9.59 Å². The topological polar surface area (TPSA) is 74.8 Å². The Balaban J connectivity index is 1.90. The van der Waals surface area contributed by atoms with Gasteiger partial charge in [0.05, 0.1) is 11.4 Å². The summed E-state index contributed by atoms with van der Waals surface area (Å²) in [6.45, 7) is 8.58. The Kier molecular flexibility index (Phi) is 7.98. The van der Waals surface area contributed by atoms with Crippen molar-refractivity contribution >= 4 is 35.1 Å². The van der Waals surface area contributed by atoms with E-state index in [0.717, 1.165) is 23.6 Å². The van der Waals surface area contributed by atoms with Crippen LogP contribution in [0.2, 0.25) is 0 Å². The molecule has 0 aliphatic heterocycles. The van der Waals surface area contributed by atoms with Gasteiger partial charge in [-0.1, -0.05) is 51.6 Å². The normalized spacial score (nSPS) is 11.4. The van der Waals surface area contributed by atoms with Crippen LogP contribution in [-0.4, -0.2) is 27.4 Å². The first-order valence-corrected chi connectivity index (χ1v) is 11.1. The molecule has 0 saturated carbocycles. The molecule has 1 aromatic heterocycles. The van der Waals surface area contributed by atoms with Crippen LogP contribution in [0.1, 0.15) is 45.4 Å². The molecular formula is C20H27N3O2S2. The van der Waals surface area contributed by atoms with Gasteiger partial charge in [0.25, 0.3) is 5.56 Å². The molecule has 2 aromatic rings. The second-order valence-corrected chi connectivity index (χ2v) is 9.33. The SMILES string of the molecule is CCCSCc1cc(=O)[nH]c(SCC(=O)Nc2ccc(C(C)(C)C)cc2)n1. The van der Waals surface area contributed by atoms with Gasteiger partial charge in [0.15, 0.2) is 5.16 Å². The van der Waals surface area contributed by atoms with Gasteiger partial charge in [-0.05, 0) is 35.3 Å². The Labute approximate surface area is 169 Å². The zero-order valence-electron chi connectivity index (χ0n) is 16.3. The largest absolute Gasteiger partial charge is 0.325 e. The first-order valence-electron chi connectivity index (χ1n) is 8.99. The standard InChI is InChI=1S/C20H27N3O2S2/c1-5-10-26-12-16-11-17(24)23-19(22-16)27-13-18(25)21-15-8-6-14(7-9-15)20(2,3)4/h6-9,11H,5,10,12-13H2,1-4H3,(H,21,25)(H,22,23,24). The highest BCUT2D eigenvalue weighted by Gasteiger charge is 2.13. The number of rotatable bonds is 8. The first kappa shape index (κ1) is 21.6. The number of carbonyl (C=O) groups excluding carboxylic acids is 1. The summed E-state index contributed by atoms with van der Waals surface area (Å²) in [5.41, 5.74) is 2.63. The van der Waals surface area contributed by atoms with E-state index in [-0.39, 0.29) is 22.6 Å². The maximum absolute atomic E-state index is 12.2. The minimum atomic E-state index is -0.183. The molecule has 0 aliphatic carbocycles. The third kappa shape index (κ3) is 7.42. The highest BCUT2D eigenvalue weighted by Crippen LogP contribution is 2.23. The molecule has 0 atom stereocenters. The minimum absolute atomic E-state index is 0.0797. The van der Waals surface area contributed by atoms with Crippen LogP contribution in [0.5, 0.6) is 0 Å². The van der Waals surface area contributed by atoms with Crippen LogP contribution >= 0.6 is 23.5 Å². The lowest BCUT2D eigenvalue weighted by atomic mass is 9.87. The lowest BCUT2D eigenvalue weighted by Crippen LogP contribution is -2.16. The van der Waals surface area contributed by atoms with Gasteiger partial charge in [-0.2, -0.15) is 11.8 Å². The lowest BCUT2D eigenvalue weighted by molar-refractivity contribution is -0.113. The molecule has 0 radical (unpaired) electrons. The zero-order valence-corrected chi connectivity index (χ0v) is 17.9. The highest BCUT2D eigenvalue weighted by molar-refractivity contribution is 7.99. The number of H-pyrrole nitrogens is 1. The van der Waals surface area contributed by atoms with Crippen molar-refractivity contribution in [1.29, 1.82) is 0 Å². The summed E-state index contributed by atoms with van der Waals surface area (Å²) in [4.78, 5) is 31.1. The van der Waals surface area contributed by atoms with E-state index in [4.69, 9.17) is 0 Å². The third-order valence-electron chi connectivity index (χ3n) is 3.75. The summed E-state index contributed by atoms with van der Waals surface area (Å²) in [6.07, 6.45) is 1.09. The monoisotopic (exact) mass is 405 g/mol. The Morgan fingerprint density at radius 3 is 2.56 bits per heavy atom. The van der Waals surface area contributed by atoms with Gasteiger partial charge in [-0.15, -0.1) is 0 Å². The van der Waals surface area contributed by atoms with Gasteiger partial charge in [0, 0.05) is 17.5 Å². The van der Waals surface area contributed by atoms with Crippen molar-refractivity contribution in [2.75, 3.05) is 16.8 Å². The van der Waals surface area contributed by atoms with Crippen molar-refractivity contribution in [1.82, 2.24) is 9.97 Å². The number of aromatic amines is 1. The van der Waals surface area contributed by atoms with Crippen molar-refractivity contribution < 1.29 is 4.79 Å². The molecule has 1 amide bonds. The maximum Gasteiger partial charge on any atom is 0.251 e. The second-order valence-electron chi connectivity index (χ2n) is 7.26. The molecule has 0 aliphatic rings. The number of hydrogen-bond acceptors (Lipinski definition) is 5. The average molecular weight is 406 g/mol. The van der Waals surface area contributed by atoms with E-state index >= 15 is 0 Å². The number of nitrogens with one attached hydrogen (secondary N) is 2. The van der Waals surface area contributed by atoms with Crippen LogP contribution < -0.4 is 10.9 Å². The fourth-order valence-corrected chi connectivity index (χ4v) is 3.82. The Morgan fingerprint density at radius 2 is 1.93 bits per heavy atom. The molecule has 1 heterocycles. The summed E-state index contributed by atoms with van der Waals surface area (Å²) in [5, 5.41) is 3.36. The quantitative estimate of drug-likeness (QED) is 0.386. The molecule has 2 N–H and O–H groups in total. The van der Waals surface area contributed by atoms with Crippen LogP contribution in [0.25, 0.3) is 0 Å². The molecule has 0 unspecified atom stereocenters. The molecule has 0 spiro atoms. The number of nitrogens with zero attached hydrogens (tertiary/aromatic N) is 1. The van der Waals surface area contributed by atoms with Gasteiger partial charge in [-0.25, -0.2) is 4.98 Å². The van der Waals surface area contributed by atoms with E-state index in [1.165, 1.54) is 23.4 Å². The number of benzene rings is 1. The molecular weight excluding hydrogens is 378 g/mol. The molecule has 7 heteroatoms. The second kappa shape index (κ2) is 9.99. The van der Waals surface area contributed by atoms with E-state index in [2.05, 4.69) is 43.0 Å². The fraction of sp³-hybridized carbons (Fsp3) is 0.450. The van der Waals surface area contributed by atoms with Gasteiger partial charge in [-0.3, -0.25) is 9.59 Å². The number of aromatic nitrogens is 2. The predicted octanol–water partition coefficient (Wildman–Crippen LogP) is 4.44. The minimum Gasteiger partial charge on any atom is -0.325 e. The molecule has 0 saturated heterocycles. The zero-order chi connectivity index (χ0) is 19.9. The molecule has 27 heavy (non-hydrogen) atoms. The van der Waals surface area contributed by atoms with Crippen LogP contribution in [0.15, 0.2) is 40.3 Å². The average Bonchev–Trinajstić information content (AvgIpc) is 2.59. The van der Waals surface area contributed by atoms with E-state index in [1.54, 1.807) is 11.8 Å². The predicted molar refractivity (Wildman–Crippen MR) is 116 cm³/mol. The Bertz CT molecular complexity index is 811. The number of carbonyl (C=O) groups is 1. The summed E-state index contributed by atoms with van der Waals surface area (Å²) in [6, 6.07) is 9.39. The van der Waals surface area contributed by atoms with Crippen LogP contribution in [0.3, 0.4) is 0 Å². The summed E-state index contributed by atoms with van der Waals surface area (Å²) >= 11 is 2.98. The van der Waals surface area contributed by atoms with E-state index < -0.39 is 0 Å². The Morgan fingerprint density at radius 1 is 1.22 bits per heavy atom. The molecule has 1 aromatic carbocycles. The van der Waals surface area contributed by atoms with Crippen molar-refractivity contribution in [3.05, 3.63) is 51.9 Å². The number of thioether (sulfide) groups is 2. The van der Waals surface area contributed by atoms with Gasteiger partial charge in [0.1, 0.15) is 0 Å². The summed E-state index contributed by atoms with van der Waals surface area (Å²) in [5.74, 6) is 1.80. The van der Waals surface area contributed by atoms with Crippen molar-refractivity contribution in [3.8, 4) is 0 Å². The van der Waals surface area contributed by atoms with E-state index in [1.807, 2.05) is 24.3 Å². The van der Waals surface area contributed by atoms with Crippen molar-refractivity contribution in [2.24, 2.45) is 0 Å². The van der Waals surface area contributed by atoms with Crippen LogP contribution in [0, 0.1) is 0 Å². The van der Waals surface area contributed by atoms with Gasteiger partial charge >= 0.3 is 0 Å². The maximum atomic E-state index is 12.2. The molecule has 146 valence electrons. The van der Waals surface area contributed by atoms with Crippen LogP contribution in [0.4, 0.5) is 5.69 Å².